The van der Waals surface area contributed by atoms with E-state index in [1.807, 2.05) is 47.0 Å². The number of nitrogens with zero attached hydrogens (tertiary/aromatic N) is 1. The monoisotopic (exact) mass is 383 g/mol. The van der Waals surface area contributed by atoms with Crippen LogP contribution in [-0.2, 0) is 20.7 Å². The minimum absolute atomic E-state index is 0.0568. The summed E-state index contributed by atoms with van der Waals surface area (Å²) < 4.78 is 11.6. The number of carbonyl (C=O) groups is 2. The van der Waals surface area contributed by atoms with Gasteiger partial charge in [-0.1, -0.05) is 41.9 Å². The second kappa shape index (κ2) is 8.10. The third-order valence-corrected chi connectivity index (χ3v) is 4.47. The molecule has 0 saturated carbocycles. The second-order valence-electron chi connectivity index (χ2n) is 5.83. The van der Waals surface area contributed by atoms with Gasteiger partial charge in [0.1, 0.15) is 0 Å². The van der Waals surface area contributed by atoms with Crippen LogP contribution in [0.1, 0.15) is 15.9 Å². The van der Waals surface area contributed by atoms with Crippen LogP contribution >= 0.6 is 11.6 Å². The SMILES string of the molecule is COC(=O)Cc1c(C(=O)OC)cn(-c2ccccc2)c1-c1ccc(Cl)cc1. The number of para-hydroxylation sites is 1. The molecule has 0 unspecified atom stereocenters. The molecule has 0 bridgehead atoms. The standard InChI is InChI=1S/C21H18ClNO4/c1-26-19(24)12-17-18(21(25)27-2)13-23(16-6-4-3-5-7-16)20(17)14-8-10-15(22)11-9-14/h3-11,13H,12H2,1-2H3. The van der Waals surface area contributed by atoms with Crippen molar-refractivity contribution >= 4 is 23.5 Å². The van der Waals surface area contributed by atoms with Crippen molar-refractivity contribution < 1.29 is 19.1 Å². The number of benzene rings is 2. The zero-order valence-electron chi connectivity index (χ0n) is 14.9. The molecule has 3 aromatic rings. The van der Waals surface area contributed by atoms with Gasteiger partial charge in [0.2, 0.25) is 0 Å². The molecule has 0 spiro atoms. The number of hydrogen-bond acceptors (Lipinski definition) is 4. The molecule has 0 amide bonds. The van der Waals surface area contributed by atoms with Gasteiger partial charge >= 0.3 is 11.9 Å². The lowest BCUT2D eigenvalue weighted by molar-refractivity contribution is -0.139. The summed E-state index contributed by atoms with van der Waals surface area (Å²) >= 11 is 6.03. The van der Waals surface area contributed by atoms with E-state index in [1.165, 1.54) is 14.2 Å². The minimum atomic E-state index is -0.515. The summed E-state index contributed by atoms with van der Waals surface area (Å²) in [4.78, 5) is 24.4. The van der Waals surface area contributed by atoms with Crippen molar-refractivity contribution in [3.8, 4) is 16.9 Å². The molecule has 5 nitrogen and oxygen atoms in total. The summed E-state index contributed by atoms with van der Waals surface area (Å²) in [5, 5.41) is 0.597. The van der Waals surface area contributed by atoms with Crippen LogP contribution in [0.25, 0.3) is 16.9 Å². The third-order valence-electron chi connectivity index (χ3n) is 4.22. The summed E-state index contributed by atoms with van der Waals surface area (Å²) in [6.07, 6.45) is 1.63. The quantitative estimate of drug-likeness (QED) is 0.616. The number of rotatable bonds is 5. The van der Waals surface area contributed by atoms with Gasteiger partial charge in [-0.3, -0.25) is 4.79 Å². The summed E-state index contributed by atoms with van der Waals surface area (Å²) in [5.41, 5.74) is 3.24. The maximum absolute atomic E-state index is 12.4. The molecule has 0 aliphatic rings. The van der Waals surface area contributed by atoms with Crippen LogP contribution in [0.3, 0.4) is 0 Å². The van der Waals surface area contributed by atoms with E-state index in [1.54, 1.807) is 18.3 Å². The maximum atomic E-state index is 12.4. The molecular formula is C21H18ClNO4. The summed E-state index contributed by atoms with van der Waals surface area (Å²) in [6.45, 7) is 0. The summed E-state index contributed by atoms with van der Waals surface area (Å²) in [5.74, 6) is -0.958. The van der Waals surface area contributed by atoms with Crippen molar-refractivity contribution in [1.29, 1.82) is 0 Å². The topological polar surface area (TPSA) is 57.5 Å². The van der Waals surface area contributed by atoms with Crippen molar-refractivity contribution in [1.82, 2.24) is 4.57 Å². The van der Waals surface area contributed by atoms with Gasteiger partial charge in [0.15, 0.2) is 0 Å². The molecule has 0 aliphatic carbocycles. The van der Waals surface area contributed by atoms with Crippen LogP contribution in [-0.4, -0.2) is 30.7 Å². The van der Waals surface area contributed by atoms with Crippen LogP contribution in [0.5, 0.6) is 0 Å². The van der Waals surface area contributed by atoms with Gasteiger partial charge in [0.25, 0.3) is 0 Å². The highest BCUT2D eigenvalue weighted by Crippen LogP contribution is 2.33. The highest BCUT2D eigenvalue weighted by atomic mass is 35.5. The Labute approximate surface area is 162 Å². The van der Waals surface area contributed by atoms with Crippen LogP contribution in [0.2, 0.25) is 5.02 Å². The van der Waals surface area contributed by atoms with Crippen molar-refractivity contribution in [3.63, 3.8) is 0 Å². The van der Waals surface area contributed by atoms with Gasteiger partial charge < -0.3 is 14.0 Å². The molecule has 0 radical (unpaired) electrons. The van der Waals surface area contributed by atoms with E-state index in [0.29, 0.717) is 21.8 Å². The third kappa shape index (κ3) is 3.88. The molecule has 2 aromatic carbocycles. The lowest BCUT2D eigenvalue weighted by Gasteiger charge is -2.12. The normalized spacial score (nSPS) is 10.5. The van der Waals surface area contributed by atoms with E-state index >= 15 is 0 Å². The van der Waals surface area contributed by atoms with Gasteiger partial charge in [-0.05, 0) is 29.8 Å². The van der Waals surface area contributed by atoms with Crippen molar-refractivity contribution in [2.45, 2.75) is 6.42 Å². The van der Waals surface area contributed by atoms with Gasteiger partial charge in [-0.2, -0.15) is 0 Å². The fourth-order valence-electron chi connectivity index (χ4n) is 2.94. The van der Waals surface area contributed by atoms with E-state index in [2.05, 4.69) is 0 Å². The Morgan fingerprint density at radius 2 is 1.63 bits per heavy atom. The lowest BCUT2D eigenvalue weighted by Crippen LogP contribution is -2.10. The predicted octanol–water partition coefficient (Wildman–Crippen LogP) is 4.30. The molecular weight excluding hydrogens is 366 g/mol. The Bertz CT molecular complexity index is 962. The van der Waals surface area contributed by atoms with E-state index in [4.69, 9.17) is 21.1 Å². The average molecular weight is 384 g/mol. The van der Waals surface area contributed by atoms with Crippen LogP contribution in [0, 0.1) is 0 Å². The fraction of sp³-hybridized carbons (Fsp3) is 0.143. The van der Waals surface area contributed by atoms with Crippen LogP contribution < -0.4 is 0 Å². The molecule has 27 heavy (non-hydrogen) atoms. The smallest absolute Gasteiger partial charge is 0.339 e. The molecule has 0 atom stereocenters. The number of aromatic nitrogens is 1. The largest absolute Gasteiger partial charge is 0.469 e. The Morgan fingerprint density at radius 1 is 0.963 bits per heavy atom. The maximum Gasteiger partial charge on any atom is 0.339 e. The second-order valence-corrected chi connectivity index (χ2v) is 6.26. The van der Waals surface area contributed by atoms with Gasteiger partial charge in [0.05, 0.1) is 31.9 Å². The number of halogens is 1. The van der Waals surface area contributed by atoms with Crippen molar-refractivity contribution in [3.05, 3.63) is 76.9 Å². The van der Waals surface area contributed by atoms with Gasteiger partial charge in [0, 0.05) is 22.5 Å². The summed E-state index contributed by atoms with van der Waals surface area (Å²) in [6, 6.07) is 16.8. The molecule has 0 fully saturated rings. The molecule has 6 heteroatoms. The number of hydrogen-bond donors (Lipinski definition) is 0. The predicted molar refractivity (Wildman–Crippen MR) is 103 cm³/mol. The number of esters is 2. The molecule has 0 N–H and O–H groups in total. The Balaban J connectivity index is 2.30. The Hall–Kier alpha value is -3.05. The van der Waals surface area contributed by atoms with Crippen LogP contribution in [0.4, 0.5) is 0 Å². The molecule has 3 rings (SSSR count). The number of ether oxygens (including phenoxy) is 2. The van der Waals surface area contributed by atoms with E-state index in [-0.39, 0.29) is 6.42 Å². The molecule has 138 valence electrons. The first kappa shape index (κ1) is 18.7. The molecule has 1 aromatic heterocycles. The first-order valence-electron chi connectivity index (χ1n) is 8.26. The van der Waals surface area contributed by atoms with E-state index in [0.717, 1.165) is 11.3 Å². The lowest BCUT2D eigenvalue weighted by atomic mass is 10.0. The summed E-state index contributed by atoms with van der Waals surface area (Å²) in [7, 11) is 2.63. The first-order chi connectivity index (χ1) is 13.0. The minimum Gasteiger partial charge on any atom is -0.469 e. The molecule has 0 saturated heterocycles. The first-order valence-corrected chi connectivity index (χ1v) is 8.63. The highest BCUT2D eigenvalue weighted by Gasteiger charge is 2.25. The van der Waals surface area contributed by atoms with E-state index in [9.17, 15) is 9.59 Å². The zero-order chi connectivity index (χ0) is 19.4. The number of carbonyl (C=O) groups excluding carboxylic acids is 2. The highest BCUT2D eigenvalue weighted by molar-refractivity contribution is 6.30. The Morgan fingerprint density at radius 3 is 2.22 bits per heavy atom. The van der Waals surface area contributed by atoms with Crippen molar-refractivity contribution in [2.24, 2.45) is 0 Å². The average Bonchev–Trinajstić information content (AvgIpc) is 3.07. The van der Waals surface area contributed by atoms with Gasteiger partial charge in [-0.15, -0.1) is 0 Å². The van der Waals surface area contributed by atoms with Crippen LogP contribution in [0.15, 0.2) is 60.8 Å². The number of methoxy groups -OCH3 is 2. The van der Waals surface area contributed by atoms with E-state index < -0.39 is 11.9 Å². The Kier molecular flexibility index (Phi) is 5.62. The fourth-order valence-corrected chi connectivity index (χ4v) is 3.07. The molecule has 1 heterocycles. The zero-order valence-corrected chi connectivity index (χ0v) is 15.7. The van der Waals surface area contributed by atoms with Crippen molar-refractivity contribution in [2.75, 3.05) is 14.2 Å². The van der Waals surface area contributed by atoms with Gasteiger partial charge in [-0.25, -0.2) is 4.79 Å². The molecule has 0 aliphatic heterocycles.